The summed E-state index contributed by atoms with van der Waals surface area (Å²) < 4.78 is 63.0. The first-order valence-electron chi connectivity index (χ1n) is 9.79. The van der Waals surface area contributed by atoms with Gasteiger partial charge in [0.1, 0.15) is 5.56 Å². The first-order chi connectivity index (χ1) is 15.3. The van der Waals surface area contributed by atoms with Crippen molar-refractivity contribution in [1.82, 2.24) is 9.88 Å². The van der Waals surface area contributed by atoms with Crippen LogP contribution in [0.25, 0.3) is 5.69 Å². The van der Waals surface area contributed by atoms with E-state index in [2.05, 4.69) is 5.32 Å². The van der Waals surface area contributed by atoms with Crippen molar-refractivity contribution in [2.24, 2.45) is 0 Å². The predicted molar refractivity (Wildman–Crippen MR) is 118 cm³/mol. The molecule has 0 aliphatic carbocycles. The normalized spacial score (nSPS) is 11.9. The van der Waals surface area contributed by atoms with Gasteiger partial charge in [0, 0.05) is 24.2 Å². The van der Waals surface area contributed by atoms with Crippen molar-refractivity contribution >= 4 is 15.7 Å². The molecule has 0 saturated carbocycles. The Balaban J connectivity index is 1.82. The summed E-state index contributed by atoms with van der Waals surface area (Å²) in [6.07, 6.45) is -3.44. The van der Waals surface area contributed by atoms with Gasteiger partial charge in [-0.15, -0.1) is 0 Å². The summed E-state index contributed by atoms with van der Waals surface area (Å²) in [4.78, 5) is 25.6. The number of rotatable bonds is 6. The van der Waals surface area contributed by atoms with E-state index in [9.17, 15) is 31.2 Å². The lowest BCUT2D eigenvalue weighted by Gasteiger charge is -2.14. The molecular formula is C23H21F3N2O4S. The van der Waals surface area contributed by atoms with Gasteiger partial charge in [-0.2, -0.15) is 13.2 Å². The van der Waals surface area contributed by atoms with Gasteiger partial charge in [-0.25, -0.2) is 8.42 Å². The van der Waals surface area contributed by atoms with Crippen molar-refractivity contribution in [1.29, 1.82) is 0 Å². The van der Waals surface area contributed by atoms with Gasteiger partial charge in [0.2, 0.25) is 0 Å². The Bertz CT molecular complexity index is 1350. The summed E-state index contributed by atoms with van der Waals surface area (Å²) in [5, 5.41) is 2.61. The number of aryl methyl sites for hydroxylation is 1. The van der Waals surface area contributed by atoms with Crippen molar-refractivity contribution in [2.45, 2.75) is 25.4 Å². The number of carbonyl (C=O) groups excluding carboxylic acids is 1. The molecule has 0 aliphatic rings. The molecule has 0 saturated heterocycles. The van der Waals surface area contributed by atoms with E-state index in [1.165, 1.54) is 24.3 Å². The first kappa shape index (κ1) is 24.2. The zero-order chi connectivity index (χ0) is 24.4. The van der Waals surface area contributed by atoms with E-state index >= 15 is 0 Å². The van der Waals surface area contributed by atoms with Crippen molar-refractivity contribution in [2.75, 3.05) is 6.26 Å². The minimum absolute atomic E-state index is 0.00319. The molecule has 6 nitrogen and oxygen atoms in total. The van der Waals surface area contributed by atoms with Crippen LogP contribution >= 0.6 is 0 Å². The number of sulfone groups is 1. The summed E-state index contributed by atoms with van der Waals surface area (Å²) in [6, 6.07) is 13.7. The molecule has 0 bridgehead atoms. The number of alkyl halides is 3. The second-order valence-electron chi connectivity index (χ2n) is 7.65. The van der Waals surface area contributed by atoms with Gasteiger partial charge < -0.3 is 5.32 Å². The number of carbonyl (C=O) groups is 1. The molecule has 1 N–H and O–H groups in total. The van der Waals surface area contributed by atoms with E-state index in [0.29, 0.717) is 16.8 Å². The zero-order valence-electron chi connectivity index (χ0n) is 17.8. The number of hydrogen-bond donors (Lipinski definition) is 1. The number of hydrogen-bond acceptors (Lipinski definition) is 4. The molecule has 0 unspecified atom stereocenters. The molecule has 33 heavy (non-hydrogen) atoms. The van der Waals surface area contributed by atoms with Crippen LogP contribution in [0.2, 0.25) is 0 Å². The van der Waals surface area contributed by atoms with Crippen LogP contribution in [0.15, 0.2) is 65.5 Å². The Labute approximate surface area is 188 Å². The Morgan fingerprint density at radius 1 is 1.00 bits per heavy atom. The Kier molecular flexibility index (Phi) is 6.78. The maximum Gasteiger partial charge on any atom is 0.416 e. The average Bonchev–Trinajstić information content (AvgIpc) is 2.72. The fourth-order valence-corrected chi connectivity index (χ4v) is 4.08. The van der Waals surface area contributed by atoms with Gasteiger partial charge >= 0.3 is 6.18 Å². The zero-order valence-corrected chi connectivity index (χ0v) is 18.6. The lowest BCUT2D eigenvalue weighted by molar-refractivity contribution is -0.137. The van der Waals surface area contributed by atoms with Gasteiger partial charge in [0.05, 0.1) is 11.3 Å². The summed E-state index contributed by atoms with van der Waals surface area (Å²) >= 11 is 0. The van der Waals surface area contributed by atoms with Crippen molar-refractivity contribution in [3.63, 3.8) is 0 Å². The highest BCUT2D eigenvalue weighted by Gasteiger charge is 2.30. The third-order valence-corrected chi connectivity index (χ3v) is 5.72. The maximum absolute atomic E-state index is 13.1. The second kappa shape index (κ2) is 9.22. The fourth-order valence-electron chi connectivity index (χ4n) is 3.28. The summed E-state index contributed by atoms with van der Waals surface area (Å²) in [5.41, 5.74) is -0.190. The number of amides is 1. The highest BCUT2D eigenvalue weighted by atomic mass is 32.2. The minimum atomic E-state index is -4.57. The summed E-state index contributed by atoms with van der Waals surface area (Å²) in [6.45, 7) is 1.64. The summed E-state index contributed by atoms with van der Waals surface area (Å²) in [5.74, 6) is -0.779. The standard InChI is InChI=1S/C23H21F3N2O4S/c1-15-6-11-20(22(30)28(15)19-5-3-4-18(12-19)23(24,25)26)21(29)27-13-16-7-9-17(10-8-16)14-33(2,31)32/h3-12H,13-14H2,1-2H3,(H,27,29). The van der Waals surface area contributed by atoms with Gasteiger partial charge in [0.25, 0.3) is 11.5 Å². The fraction of sp³-hybridized carbons (Fsp3) is 0.217. The van der Waals surface area contributed by atoms with E-state index < -0.39 is 33.0 Å². The number of nitrogens with one attached hydrogen (secondary N) is 1. The highest BCUT2D eigenvalue weighted by molar-refractivity contribution is 7.89. The Morgan fingerprint density at radius 2 is 1.64 bits per heavy atom. The third-order valence-electron chi connectivity index (χ3n) is 4.86. The molecule has 1 amide bonds. The quantitative estimate of drug-likeness (QED) is 0.586. The van der Waals surface area contributed by atoms with E-state index in [4.69, 9.17) is 0 Å². The van der Waals surface area contributed by atoms with Crippen LogP contribution < -0.4 is 10.9 Å². The SMILES string of the molecule is Cc1ccc(C(=O)NCc2ccc(CS(C)(=O)=O)cc2)c(=O)n1-c1cccc(C(F)(F)F)c1. The van der Waals surface area contributed by atoms with Crippen LogP contribution in [-0.4, -0.2) is 25.1 Å². The van der Waals surface area contributed by atoms with Crippen LogP contribution in [0.1, 0.15) is 32.7 Å². The molecule has 2 aromatic carbocycles. The van der Waals surface area contributed by atoms with Gasteiger partial charge in [0.15, 0.2) is 9.84 Å². The van der Waals surface area contributed by atoms with Crippen LogP contribution in [0, 0.1) is 6.92 Å². The molecule has 0 aliphatic heterocycles. The lowest BCUT2D eigenvalue weighted by Crippen LogP contribution is -2.33. The molecule has 3 rings (SSSR count). The smallest absolute Gasteiger partial charge is 0.348 e. The van der Waals surface area contributed by atoms with E-state index in [-0.39, 0.29) is 23.5 Å². The van der Waals surface area contributed by atoms with Gasteiger partial charge in [-0.3, -0.25) is 14.2 Å². The van der Waals surface area contributed by atoms with Crippen LogP contribution in [-0.2, 0) is 28.3 Å². The number of benzene rings is 2. The van der Waals surface area contributed by atoms with Crippen molar-refractivity contribution in [3.8, 4) is 5.69 Å². The average molecular weight is 478 g/mol. The molecule has 10 heteroatoms. The van der Waals surface area contributed by atoms with E-state index in [1.807, 2.05) is 0 Å². The largest absolute Gasteiger partial charge is 0.416 e. The maximum atomic E-state index is 13.1. The van der Waals surface area contributed by atoms with Gasteiger partial charge in [-0.05, 0) is 48.4 Å². The number of halogens is 3. The Hall–Kier alpha value is -3.40. The minimum Gasteiger partial charge on any atom is -0.348 e. The molecule has 0 fully saturated rings. The third kappa shape index (κ3) is 6.10. The van der Waals surface area contributed by atoms with E-state index in [1.54, 1.807) is 31.2 Å². The topological polar surface area (TPSA) is 85.2 Å². The lowest BCUT2D eigenvalue weighted by atomic mass is 10.1. The molecule has 1 aromatic heterocycles. The molecule has 0 atom stereocenters. The van der Waals surface area contributed by atoms with Crippen LogP contribution in [0.4, 0.5) is 13.2 Å². The first-order valence-corrected chi connectivity index (χ1v) is 11.9. The predicted octanol–water partition coefficient (Wildman–Crippen LogP) is 3.64. The molecule has 1 heterocycles. The summed E-state index contributed by atoms with van der Waals surface area (Å²) in [7, 11) is -3.17. The molecule has 0 spiro atoms. The molecule has 3 aromatic rings. The monoisotopic (exact) mass is 478 g/mol. The van der Waals surface area contributed by atoms with Crippen LogP contribution in [0.3, 0.4) is 0 Å². The van der Waals surface area contributed by atoms with Gasteiger partial charge in [-0.1, -0.05) is 30.3 Å². The number of aromatic nitrogens is 1. The van der Waals surface area contributed by atoms with E-state index in [0.717, 1.165) is 23.0 Å². The van der Waals surface area contributed by atoms with Crippen molar-refractivity contribution in [3.05, 3.63) is 99.0 Å². The Morgan fingerprint density at radius 3 is 2.24 bits per heavy atom. The molecule has 0 radical (unpaired) electrons. The number of pyridine rings is 1. The molecule has 174 valence electrons. The number of nitrogens with zero attached hydrogens (tertiary/aromatic N) is 1. The molecular weight excluding hydrogens is 457 g/mol. The van der Waals surface area contributed by atoms with Crippen molar-refractivity contribution < 1.29 is 26.4 Å². The van der Waals surface area contributed by atoms with Crippen LogP contribution in [0.5, 0.6) is 0 Å². The second-order valence-corrected chi connectivity index (χ2v) is 9.79. The highest BCUT2D eigenvalue weighted by Crippen LogP contribution is 2.30.